The summed E-state index contributed by atoms with van der Waals surface area (Å²) in [5, 5.41) is 10.4. The summed E-state index contributed by atoms with van der Waals surface area (Å²) in [4.78, 5) is 10.1. The lowest BCUT2D eigenvalue weighted by molar-refractivity contribution is -0.422. The monoisotopic (exact) mass is 191 g/mol. The van der Waals surface area contributed by atoms with E-state index in [4.69, 9.17) is 0 Å². The number of aryl methyl sites for hydroxylation is 2. The molecule has 0 unspecified atom stereocenters. The Morgan fingerprint density at radius 3 is 2.64 bits per heavy atom. The first-order chi connectivity index (χ1) is 6.50. The van der Waals surface area contributed by atoms with Crippen LogP contribution in [0.1, 0.15) is 23.6 Å². The number of hydrogen-bond acceptors (Lipinski definition) is 2. The lowest BCUT2D eigenvalue weighted by atomic mass is 10.1. The van der Waals surface area contributed by atoms with Gasteiger partial charge in [-0.15, -0.1) is 0 Å². The molecule has 3 heteroatoms. The molecule has 0 fully saturated rings. The molecule has 0 saturated carbocycles. The van der Waals surface area contributed by atoms with Crippen molar-refractivity contribution >= 4 is 6.08 Å². The van der Waals surface area contributed by atoms with Crippen molar-refractivity contribution in [2.24, 2.45) is 0 Å². The van der Waals surface area contributed by atoms with Crippen molar-refractivity contribution in [2.45, 2.75) is 20.8 Å². The van der Waals surface area contributed by atoms with Gasteiger partial charge in [0.05, 0.1) is 4.92 Å². The summed E-state index contributed by atoms with van der Waals surface area (Å²) < 4.78 is 0. The molecule has 0 bridgehead atoms. The molecule has 1 aromatic rings. The van der Waals surface area contributed by atoms with Crippen LogP contribution in [0, 0.1) is 24.0 Å². The van der Waals surface area contributed by atoms with Crippen molar-refractivity contribution in [2.75, 3.05) is 0 Å². The fourth-order valence-electron chi connectivity index (χ4n) is 1.19. The zero-order chi connectivity index (χ0) is 10.7. The molecule has 0 aromatic heterocycles. The first-order valence-corrected chi connectivity index (χ1v) is 4.40. The Morgan fingerprint density at radius 2 is 2.07 bits per heavy atom. The van der Waals surface area contributed by atoms with Crippen molar-refractivity contribution in [1.82, 2.24) is 0 Å². The van der Waals surface area contributed by atoms with Crippen LogP contribution in [0.2, 0.25) is 0 Å². The second-order valence-corrected chi connectivity index (χ2v) is 3.40. The van der Waals surface area contributed by atoms with Crippen molar-refractivity contribution in [3.63, 3.8) is 0 Å². The summed E-state index contributed by atoms with van der Waals surface area (Å²) in [6.07, 6.45) is 1.60. The maximum absolute atomic E-state index is 10.4. The summed E-state index contributed by atoms with van der Waals surface area (Å²) in [7, 11) is 0. The van der Waals surface area contributed by atoms with E-state index in [1.165, 1.54) is 6.92 Å². The van der Waals surface area contributed by atoms with Gasteiger partial charge in [0.2, 0.25) is 5.70 Å². The van der Waals surface area contributed by atoms with Crippen LogP contribution in [0.4, 0.5) is 0 Å². The highest BCUT2D eigenvalue weighted by atomic mass is 16.6. The maximum atomic E-state index is 10.4. The summed E-state index contributed by atoms with van der Waals surface area (Å²) in [5.74, 6) is 0. The standard InChI is InChI=1S/C11H13NO2/c1-8-4-5-9(2)11(6-8)7-10(3)12(13)14/h4-7H,1-3H3/b10-7-. The Kier molecular flexibility index (Phi) is 3.02. The van der Waals surface area contributed by atoms with E-state index in [0.29, 0.717) is 0 Å². The molecule has 1 rings (SSSR count). The van der Waals surface area contributed by atoms with Crippen LogP contribution >= 0.6 is 0 Å². The average Bonchev–Trinajstić information content (AvgIpc) is 2.11. The molecule has 0 heterocycles. The Balaban J connectivity index is 3.13. The third-order valence-corrected chi connectivity index (χ3v) is 2.09. The van der Waals surface area contributed by atoms with Gasteiger partial charge in [-0.05, 0) is 25.0 Å². The van der Waals surface area contributed by atoms with E-state index < -0.39 is 0 Å². The van der Waals surface area contributed by atoms with Crippen LogP contribution in [0.15, 0.2) is 23.9 Å². The van der Waals surface area contributed by atoms with Gasteiger partial charge in [0.1, 0.15) is 0 Å². The predicted octanol–water partition coefficient (Wildman–Crippen LogP) is 2.94. The second-order valence-electron chi connectivity index (χ2n) is 3.40. The summed E-state index contributed by atoms with van der Waals surface area (Å²) in [6.45, 7) is 5.42. The maximum Gasteiger partial charge on any atom is 0.243 e. The van der Waals surface area contributed by atoms with Gasteiger partial charge in [-0.25, -0.2) is 0 Å². The van der Waals surface area contributed by atoms with Gasteiger partial charge < -0.3 is 0 Å². The van der Waals surface area contributed by atoms with Crippen molar-refractivity contribution in [3.05, 3.63) is 50.7 Å². The van der Waals surface area contributed by atoms with Gasteiger partial charge in [0.15, 0.2) is 0 Å². The van der Waals surface area contributed by atoms with Crippen molar-refractivity contribution in [3.8, 4) is 0 Å². The Hall–Kier alpha value is -1.64. The number of rotatable bonds is 2. The minimum Gasteiger partial charge on any atom is -0.259 e. The van der Waals surface area contributed by atoms with Gasteiger partial charge in [0.25, 0.3) is 0 Å². The lowest BCUT2D eigenvalue weighted by Gasteiger charge is -2.01. The largest absolute Gasteiger partial charge is 0.259 e. The fraction of sp³-hybridized carbons (Fsp3) is 0.273. The third-order valence-electron chi connectivity index (χ3n) is 2.09. The summed E-state index contributed by atoms with van der Waals surface area (Å²) >= 11 is 0. The zero-order valence-electron chi connectivity index (χ0n) is 8.57. The molecule has 0 spiro atoms. The first kappa shape index (κ1) is 10.4. The molecule has 0 radical (unpaired) electrons. The molecule has 74 valence electrons. The normalized spacial score (nSPS) is 11.5. The van der Waals surface area contributed by atoms with Gasteiger partial charge >= 0.3 is 0 Å². The molecular formula is C11H13NO2. The topological polar surface area (TPSA) is 43.1 Å². The molecule has 0 aliphatic heterocycles. The van der Waals surface area contributed by atoms with Crippen LogP contribution < -0.4 is 0 Å². The first-order valence-electron chi connectivity index (χ1n) is 4.40. The highest BCUT2D eigenvalue weighted by Crippen LogP contribution is 2.14. The van der Waals surface area contributed by atoms with E-state index in [2.05, 4.69) is 0 Å². The predicted molar refractivity (Wildman–Crippen MR) is 56.6 cm³/mol. The van der Waals surface area contributed by atoms with E-state index in [1.54, 1.807) is 6.08 Å². The minimum atomic E-state index is -0.373. The summed E-state index contributed by atoms with van der Waals surface area (Å²) in [5.41, 5.74) is 3.24. The van der Waals surface area contributed by atoms with E-state index in [-0.39, 0.29) is 10.6 Å². The van der Waals surface area contributed by atoms with Gasteiger partial charge in [-0.2, -0.15) is 0 Å². The molecule has 0 saturated heterocycles. The highest BCUT2D eigenvalue weighted by molar-refractivity contribution is 5.55. The molecule has 0 amide bonds. The lowest BCUT2D eigenvalue weighted by Crippen LogP contribution is -1.94. The van der Waals surface area contributed by atoms with Crippen molar-refractivity contribution < 1.29 is 4.92 Å². The van der Waals surface area contributed by atoms with Crippen LogP contribution in [0.3, 0.4) is 0 Å². The molecular weight excluding hydrogens is 178 g/mol. The molecule has 0 aliphatic rings. The quantitative estimate of drug-likeness (QED) is 0.532. The Labute approximate surface area is 83.2 Å². The van der Waals surface area contributed by atoms with Crippen LogP contribution in [-0.4, -0.2) is 4.92 Å². The van der Waals surface area contributed by atoms with E-state index in [9.17, 15) is 10.1 Å². The second kappa shape index (κ2) is 4.05. The third kappa shape index (κ3) is 2.42. The Bertz CT molecular complexity index is 394. The molecule has 14 heavy (non-hydrogen) atoms. The van der Waals surface area contributed by atoms with E-state index in [1.807, 2.05) is 32.0 Å². The number of benzene rings is 1. The molecule has 0 atom stereocenters. The van der Waals surface area contributed by atoms with Crippen LogP contribution in [-0.2, 0) is 0 Å². The smallest absolute Gasteiger partial charge is 0.243 e. The minimum absolute atomic E-state index is 0.165. The van der Waals surface area contributed by atoms with E-state index >= 15 is 0 Å². The van der Waals surface area contributed by atoms with Gasteiger partial charge in [-0.3, -0.25) is 10.1 Å². The number of allylic oxidation sites excluding steroid dienone is 1. The average molecular weight is 191 g/mol. The molecule has 3 nitrogen and oxygen atoms in total. The van der Waals surface area contributed by atoms with E-state index in [0.717, 1.165) is 16.7 Å². The SMILES string of the molecule is C/C(=C/c1cc(C)ccc1C)[N+](=O)[O-]. The Morgan fingerprint density at radius 1 is 1.43 bits per heavy atom. The van der Waals surface area contributed by atoms with Crippen LogP contribution in [0.25, 0.3) is 6.08 Å². The molecule has 0 aliphatic carbocycles. The number of hydrogen-bond donors (Lipinski definition) is 0. The van der Waals surface area contributed by atoms with Gasteiger partial charge in [0, 0.05) is 13.0 Å². The molecule has 1 aromatic carbocycles. The number of nitro groups is 1. The van der Waals surface area contributed by atoms with Gasteiger partial charge in [-0.1, -0.05) is 23.8 Å². The zero-order valence-corrected chi connectivity index (χ0v) is 8.57. The summed E-state index contributed by atoms with van der Waals surface area (Å²) in [6, 6.07) is 5.91. The molecule has 0 N–H and O–H groups in total. The highest BCUT2D eigenvalue weighted by Gasteiger charge is 2.03. The van der Waals surface area contributed by atoms with Crippen LogP contribution in [0.5, 0.6) is 0 Å². The number of nitrogens with zero attached hydrogens (tertiary/aromatic N) is 1. The fourth-order valence-corrected chi connectivity index (χ4v) is 1.19. The van der Waals surface area contributed by atoms with Crippen molar-refractivity contribution in [1.29, 1.82) is 0 Å².